The van der Waals surface area contributed by atoms with E-state index in [1.807, 2.05) is 0 Å². The quantitative estimate of drug-likeness (QED) is 0.0320. The minimum absolute atomic E-state index is 0.0105. The second kappa shape index (κ2) is 66.8. The Morgan fingerprint density at radius 3 is 1.01 bits per heavy atom. The van der Waals surface area contributed by atoms with Crippen LogP contribution in [0.25, 0.3) is 0 Å². The van der Waals surface area contributed by atoms with Gasteiger partial charge in [0.25, 0.3) is 0 Å². The summed E-state index contributed by atoms with van der Waals surface area (Å²) in [7, 11) is 0. The second-order valence-corrected chi connectivity index (χ2v) is 24.2. The highest BCUT2D eigenvalue weighted by molar-refractivity contribution is 5.76. The van der Waals surface area contributed by atoms with E-state index in [2.05, 4.69) is 43.5 Å². The van der Waals surface area contributed by atoms with Gasteiger partial charge in [-0.2, -0.15) is 0 Å². The number of unbranched alkanes of at least 4 members (excludes halogenated alkanes) is 51. The van der Waals surface area contributed by atoms with Gasteiger partial charge in [0.15, 0.2) is 0 Å². The molecular formula is C71H137NO5. The fourth-order valence-corrected chi connectivity index (χ4v) is 11.1. The summed E-state index contributed by atoms with van der Waals surface area (Å²) >= 11 is 0. The zero-order valence-corrected chi connectivity index (χ0v) is 52.2. The molecule has 0 aliphatic heterocycles. The van der Waals surface area contributed by atoms with Crippen molar-refractivity contribution in [2.75, 3.05) is 13.2 Å². The average molecular weight is 1080 g/mol. The number of rotatable bonds is 66. The molecule has 0 aliphatic carbocycles. The van der Waals surface area contributed by atoms with E-state index < -0.39 is 12.1 Å². The van der Waals surface area contributed by atoms with Gasteiger partial charge in [-0.15, -0.1) is 0 Å². The molecule has 6 heteroatoms. The number of allylic oxidation sites excluding steroid dienone is 4. The van der Waals surface area contributed by atoms with Gasteiger partial charge in [0.1, 0.15) is 0 Å². The molecule has 0 aromatic heterocycles. The highest BCUT2D eigenvalue weighted by Crippen LogP contribution is 2.19. The van der Waals surface area contributed by atoms with Crippen molar-refractivity contribution in [3.63, 3.8) is 0 Å². The Kier molecular flexibility index (Phi) is 65.4. The van der Waals surface area contributed by atoms with Crippen molar-refractivity contribution in [1.82, 2.24) is 5.32 Å². The first-order valence-corrected chi connectivity index (χ1v) is 35.1. The molecule has 0 fully saturated rings. The topological polar surface area (TPSA) is 95.9 Å². The van der Waals surface area contributed by atoms with Crippen LogP contribution in [0.3, 0.4) is 0 Å². The van der Waals surface area contributed by atoms with Crippen LogP contribution in [0.4, 0.5) is 0 Å². The van der Waals surface area contributed by atoms with Crippen LogP contribution in [0.2, 0.25) is 0 Å². The Hall–Kier alpha value is -1.66. The van der Waals surface area contributed by atoms with Gasteiger partial charge in [0.05, 0.1) is 25.4 Å². The lowest BCUT2D eigenvalue weighted by Crippen LogP contribution is -2.45. The maximum atomic E-state index is 12.5. The summed E-state index contributed by atoms with van der Waals surface area (Å²) < 4.78 is 5.51. The summed E-state index contributed by atoms with van der Waals surface area (Å²) in [4.78, 5) is 24.6. The van der Waals surface area contributed by atoms with Gasteiger partial charge in [-0.3, -0.25) is 9.59 Å². The molecule has 1 amide bonds. The van der Waals surface area contributed by atoms with Crippen LogP contribution in [0, 0.1) is 0 Å². The van der Waals surface area contributed by atoms with E-state index in [-0.39, 0.29) is 18.5 Å². The first-order chi connectivity index (χ1) is 38.0. The van der Waals surface area contributed by atoms with Gasteiger partial charge in [0.2, 0.25) is 5.91 Å². The molecule has 77 heavy (non-hydrogen) atoms. The molecule has 0 saturated carbocycles. The molecule has 0 radical (unpaired) electrons. The third kappa shape index (κ3) is 63.4. The molecule has 0 aliphatic rings. The first-order valence-electron chi connectivity index (χ1n) is 35.1. The molecule has 6 nitrogen and oxygen atoms in total. The summed E-state index contributed by atoms with van der Waals surface area (Å²) in [5.74, 6) is -0.0207. The van der Waals surface area contributed by atoms with Crippen LogP contribution in [0.5, 0.6) is 0 Å². The van der Waals surface area contributed by atoms with Crippen LogP contribution in [-0.4, -0.2) is 47.4 Å². The summed E-state index contributed by atoms with van der Waals surface area (Å²) in [6.45, 7) is 4.96. The zero-order valence-electron chi connectivity index (χ0n) is 52.2. The van der Waals surface area contributed by atoms with Crippen molar-refractivity contribution >= 4 is 11.9 Å². The van der Waals surface area contributed by atoms with Crippen molar-refractivity contribution in [3.8, 4) is 0 Å². The fourth-order valence-electron chi connectivity index (χ4n) is 11.1. The van der Waals surface area contributed by atoms with Crippen molar-refractivity contribution in [3.05, 3.63) is 24.3 Å². The number of hydrogen-bond acceptors (Lipinski definition) is 5. The standard InChI is InChI=1S/C71H137NO5/c1-3-5-7-9-11-13-15-17-19-21-27-31-35-39-43-47-51-55-59-63-69(74)68(67-73)72-70(75)64-60-56-52-48-44-40-36-32-29-25-23-24-26-30-34-38-42-46-50-54-58-62-66-77-71(76)65-61-57-53-49-45-41-37-33-28-22-20-18-16-14-12-10-8-6-4-2/h12,14,18,20,68-69,73-74H,3-11,13,15-17,19,21-67H2,1-2H3,(H,72,75)/b14-12-,20-18-. The van der Waals surface area contributed by atoms with Crippen molar-refractivity contribution in [2.24, 2.45) is 0 Å². The van der Waals surface area contributed by atoms with Crippen LogP contribution in [0.15, 0.2) is 24.3 Å². The normalized spacial score (nSPS) is 12.6. The summed E-state index contributed by atoms with van der Waals surface area (Å²) in [5.41, 5.74) is 0. The SMILES string of the molecule is CCCCC/C=C\C/C=C\CCCCCCCCCCCC(=O)OCCCCCCCCCCCCCCCCCCCCCCCCC(=O)NC(CO)C(O)CCCCCCCCCCCCCCCCCCCCC. The number of amides is 1. The number of esters is 1. The highest BCUT2D eigenvalue weighted by atomic mass is 16.5. The van der Waals surface area contributed by atoms with Gasteiger partial charge in [-0.1, -0.05) is 346 Å². The number of ether oxygens (including phenoxy) is 1. The van der Waals surface area contributed by atoms with Crippen LogP contribution in [-0.2, 0) is 14.3 Å². The molecule has 456 valence electrons. The highest BCUT2D eigenvalue weighted by Gasteiger charge is 2.20. The Morgan fingerprint density at radius 1 is 0.364 bits per heavy atom. The number of carbonyl (C=O) groups excluding carboxylic acids is 2. The van der Waals surface area contributed by atoms with E-state index in [0.29, 0.717) is 25.9 Å². The van der Waals surface area contributed by atoms with E-state index >= 15 is 0 Å². The van der Waals surface area contributed by atoms with E-state index in [9.17, 15) is 19.8 Å². The lowest BCUT2D eigenvalue weighted by Gasteiger charge is -2.22. The van der Waals surface area contributed by atoms with Crippen molar-refractivity contribution in [2.45, 2.75) is 405 Å². The Morgan fingerprint density at radius 2 is 0.649 bits per heavy atom. The van der Waals surface area contributed by atoms with Crippen LogP contribution < -0.4 is 5.32 Å². The largest absolute Gasteiger partial charge is 0.466 e. The van der Waals surface area contributed by atoms with Crippen molar-refractivity contribution in [1.29, 1.82) is 0 Å². The predicted octanol–water partition coefficient (Wildman–Crippen LogP) is 22.5. The molecule has 0 saturated heterocycles. The molecule has 0 heterocycles. The molecule has 2 atom stereocenters. The molecule has 2 unspecified atom stereocenters. The smallest absolute Gasteiger partial charge is 0.305 e. The molecule has 3 N–H and O–H groups in total. The van der Waals surface area contributed by atoms with Gasteiger partial charge in [0, 0.05) is 12.8 Å². The maximum absolute atomic E-state index is 12.5. The molecule has 0 aromatic carbocycles. The van der Waals surface area contributed by atoms with Gasteiger partial charge in [-0.25, -0.2) is 0 Å². The Labute approximate surface area is 481 Å². The summed E-state index contributed by atoms with van der Waals surface area (Å²) in [5, 5.41) is 23.4. The Balaban J connectivity index is 3.37. The maximum Gasteiger partial charge on any atom is 0.305 e. The monoisotopic (exact) mass is 1080 g/mol. The van der Waals surface area contributed by atoms with Crippen molar-refractivity contribution < 1.29 is 24.5 Å². The molecule has 0 spiro atoms. The average Bonchev–Trinajstić information content (AvgIpc) is 3.43. The van der Waals surface area contributed by atoms with E-state index in [4.69, 9.17) is 4.74 Å². The third-order valence-corrected chi connectivity index (χ3v) is 16.5. The fraction of sp³-hybridized carbons (Fsp3) is 0.915. The predicted molar refractivity (Wildman–Crippen MR) is 338 cm³/mol. The second-order valence-electron chi connectivity index (χ2n) is 24.2. The first kappa shape index (κ1) is 75.3. The summed E-state index contributed by atoms with van der Waals surface area (Å²) in [6.07, 6.45) is 83.5. The molecule has 0 aromatic rings. The third-order valence-electron chi connectivity index (χ3n) is 16.5. The number of hydrogen-bond donors (Lipinski definition) is 3. The number of aliphatic hydroxyl groups excluding tert-OH is 2. The molecular weight excluding hydrogens is 947 g/mol. The number of nitrogens with one attached hydrogen (secondary N) is 1. The zero-order chi connectivity index (χ0) is 55.7. The van der Waals surface area contributed by atoms with Gasteiger partial charge < -0.3 is 20.3 Å². The molecule has 0 bridgehead atoms. The number of carbonyl (C=O) groups is 2. The molecule has 0 rings (SSSR count). The lowest BCUT2D eigenvalue weighted by atomic mass is 10.0. The van der Waals surface area contributed by atoms with E-state index in [1.165, 1.54) is 308 Å². The summed E-state index contributed by atoms with van der Waals surface area (Å²) in [6, 6.07) is -0.542. The Bertz CT molecular complexity index is 1200. The van der Waals surface area contributed by atoms with Gasteiger partial charge in [-0.05, 0) is 57.8 Å². The minimum Gasteiger partial charge on any atom is -0.466 e. The van der Waals surface area contributed by atoms with Crippen LogP contribution >= 0.6 is 0 Å². The number of aliphatic hydroxyl groups is 2. The van der Waals surface area contributed by atoms with E-state index in [0.717, 1.165) is 51.4 Å². The lowest BCUT2D eigenvalue weighted by molar-refractivity contribution is -0.143. The van der Waals surface area contributed by atoms with Gasteiger partial charge >= 0.3 is 5.97 Å². The minimum atomic E-state index is -0.665. The van der Waals surface area contributed by atoms with E-state index in [1.54, 1.807) is 0 Å². The van der Waals surface area contributed by atoms with Crippen LogP contribution in [0.1, 0.15) is 393 Å².